The summed E-state index contributed by atoms with van der Waals surface area (Å²) in [5.74, 6) is 1.28. The van der Waals surface area contributed by atoms with Gasteiger partial charge in [-0.25, -0.2) is 14.8 Å². The van der Waals surface area contributed by atoms with Gasteiger partial charge in [0.25, 0.3) is 5.91 Å². The maximum absolute atomic E-state index is 13.7. The predicted octanol–water partition coefficient (Wildman–Crippen LogP) is 4.62. The Morgan fingerprint density at radius 3 is 2.71 bits per heavy atom. The van der Waals surface area contributed by atoms with Gasteiger partial charge in [-0.1, -0.05) is 0 Å². The molecule has 2 aliphatic rings. The summed E-state index contributed by atoms with van der Waals surface area (Å²) in [5.41, 5.74) is 3.93. The zero-order valence-corrected chi connectivity index (χ0v) is 24.2. The van der Waals surface area contributed by atoms with Crippen LogP contribution in [0.3, 0.4) is 0 Å². The highest BCUT2D eigenvalue weighted by Gasteiger charge is 2.29. The molecular weight excluding hydrogens is 520 g/mol. The van der Waals surface area contributed by atoms with Crippen LogP contribution in [-0.2, 0) is 24.9 Å². The number of aliphatic hydroxyl groups is 1. The molecule has 1 aliphatic heterocycles. The van der Waals surface area contributed by atoms with Gasteiger partial charge in [-0.05, 0) is 82.7 Å². The van der Waals surface area contributed by atoms with E-state index in [4.69, 9.17) is 9.72 Å². The number of aromatic nitrogens is 4. The van der Waals surface area contributed by atoms with Gasteiger partial charge in [0.05, 0.1) is 23.3 Å². The number of benzene rings is 1. The number of imidazole rings is 1. The third kappa shape index (κ3) is 5.53. The van der Waals surface area contributed by atoms with Crippen molar-refractivity contribution < 1.29 is 19.4 Å². The highest BCUT2D eigenvalue weighted by Crippen LogP contribution is 2.36. The number of carbonyl (C=O) groups is 2. The quantitative estimate of drug-likeness (QED) is 0.357. The molecule has 10 nitrogen and oxygen atoms in total. The van der Waals surface area contributed by atoms with E-state index in [1.165, 1.54) is 12.8 Å². The monoisotopic (exact) mass is 558 g/mol. The van der Waals surface area contributed by atoms with Crippen molar-refractivity contribution in [3.63, 3.8) is 0 Å². The lowest BCUT2D eigenvalue weighted by Crippen LogP contribution is -2.50. The second-order valence-corrected chi connectivity index (χ2v) is 12.4. The first-order valence-electron chi connectivity index (χ1n) is 14.4. The number of carbonyl (C=O) groups excluding carboxylic acids is 2. The van der Waals surface area contributed by atoms with Gasteiger partial charge in [-0.2, -0.15) is 0 Å². The van der Waals surface area contributed by atoms with Gasteiger partial charge in [0.2, 0.25) is 0 Å². The van der Waals surface area contributed by atoms with Crippen LogP contribution in [0.5, 0.6) is 0 Å². The molecule has 1 saturated heterocycles. The number of hydrogen-bond donors (Lipinski definition) is 2. The Morgan fingerprint density at radius 2 is 1.98 bits per heavy atom. The SMILES string of the molecule is Cn1c(-c2cc3cccnc3n2CC2CC2)nc2cc(C(=O)N3CCC[C@@H](NC(=O)OC(C)(C)C)C3)cc(CO)c21. The number of ether oxygens (including phenoxy) is 1. The smallest absolute Gasteiger partial charge is 0.407 e. The predicted molar refractivity (Wildman–Crippen MR) is 156 cm³/mol. The van der Waals surface area contributed by atoms with Gasteiger partial charge in [-0.3, -0.25) is 4.79 Å². The number of likely N-dealkylation sites (tertiary alicyclic amines) is 1. The second kappa shape index (κ2) is 10.5. The van der Waals surface area contributed by atoms with Gasteiger partial charge >= 0.3 is 6.09 Å². The number of aryl methyl sites for hydroxylation is 1. The topological polar surface area (TPSA) is 115 Å². The van der Waals surface area contributed by atoms with E-state index in [0.717, 1.165) is 47.5 Å². The standard InChI is InChI=1S/C31H38N6O4/c1-31(2,3)41-30(40)33-23-8-6-12-36(17-23)29(39)21-13-22(18-38)26-24(14-21)34-28(35(26)4)25-15-20-7-5-11-32-27(20)37(25)16-19-9-10-19/h5,7,11,13-15,19,23,38H,6,8-10,12,16-18H2,1-4H3,(H,33,40)/t23-/m1/s1. The molecule has 0 unspecified atom stereocenters. The van der Waals surface area contributed by atoms with Gasteiger partial charge in [0, 0.05) is 55.4 Å². The highest BCUT2D eigenvalue weighted by molar-refractivity contribution is 5.99. The fourth-order valence-electron chi connectivity index (χ4n) is 5.87. The first kappa shape index (κ1) is 27.3. The lowest BCUT2D eigenvalue weighted by molar-refractivity contribution is 0.0452. The molecule has 2 amide bonds. The molecule has 1 aliphatic carbocycles. The lowest BCUT2D eigenvalue weighted by Gasteiger charge is -2.33. The van der Waals surface area contributed by atoms with Crippen LogP contribution in [-0.4, -0.2) is 65.8 Å². The molecule has 1 saturated carbocycles. The van der Waals surface area contributed by atoms with Crippen LogP contribution in [0.1, 0.15) is 62.4 Å². The van der Waals surface area contributed by atoms with Crippen molar-refractivity contribution in [3.05, 3.63) is 47.7 Å². The number of rotatable bonds is 6. The number of nitrogens with one attached hydrogen (secondary N) is 1. The molecule has 2 fully saturated rings. The fourth-order valence-corrected chi connectivity index (χ4v) is 5.87. The first-order valence-corrected chi connectivity index (χ1v) is 14.4. The van der Waals surface area contributed by atoms with E-state index in [1.807, 2.05) is 50.7 Å². The van der Waals surface area contributed by atoms with Crippen molar-refractivity contribution in [1.29, 1.82) is 0 Å². The zero-order valence-electron chi connectivity index (χ0n) is 24.2. The molecular formula is C31H38N6O4. The molecule has 216 valence electrons. The number of alkyl carbamates (subject to hydrolysis) is 1. The van der Waals surface area contributed by atoms with Gasteiger partial charge < -0.3 is 29.2 Å². The van der Waals surface area contributed by atoms with E-state index in [1.54, 1.807) is 11.0 Å². The van der Waals surface area contributed by atoms with E-state index in [9.17, 15) is 14.7 Å². The van der Waals surface area contributed by atoms with E-state index < -0.39 is 11.7 Å². The summed E-state index contributed by atoms with van der Waals surface area (Å²) >= 11 is 0. The summed E-state index contributed by atoms with van der Waals surface area (Å²) in [4.78, 5) is 37.4. The highest BCUT2D eigenvalue weighted by atomic mass is 16.6. The van der Waals surface area contributed by atoms with Crippen LogP contribution in [0, 0.1) is 5.92 Å². The molecule has 6 rings (SSSR count). The minimum atomic E-state index is -0.589. The van der Waals surface area contributed by atoms with Crippen molar-refractivity contribution in [2.45, 2.75) is 71.2 Å². The third-order valence-corrected chi connectivity index (χ3v) is 7.92. The molecule has 2 N–H and O–H groups in total. The Morgan fingerprint density at radius 1 is 1.17 bits per heavy atom. The largest absolute Gasteiger partial charge is 0.444 e. The molecule has 3 aromatic heterocycles. The van der Waals surface area contributed by atoms with E-state index >= 15 is 0 Å². The second-order valence-electron chi connectivity index (χ2n) is 12.4. The van der Waals surface area contributed by atoms with Crippen LogP contribution in [0.15, 0.2) is 36.5 Å². The Bertz CT molecular complexity index is 1630. The summed E-state index contributed by atoms with van der Waals surface area (Å²) in [6.07, 6.45) is 5.33. The number of hydrogen-bond acceptors (Lipinski definition) is 6. The van der Waals surface area contributed by atoms with Crippen LogP contribution >= 0.6 is 0 Å². The molecule has 4 heterocycles. The Labute approximate surface area is 239 Å². The number of amides is 2. The van der Waals surface area contributed by atoms with E-state index in [2.05, 4.69) is 27.0 Å². The molecule has 41 heavy (non-hydrogen) atoms. The summed E-state index contributed by atoms with van der Waals surface area (Å²) in [6.45, 7) is 7.14. The average molecular weight is 559 g/mol. The van der Waals surface area contributed by atoms with Crippen molar-refractivity contribution in [2.24, 2.45) is 13.0 Å². The maximum Gasteiger partial charge on any atom is 0.407 e. The van der Waals surface area contributed by atoms with Crippen LogP contribution < -0.4 is 5.32 Å². The number of piperidine rings is 1. The van der Waals surface area contributed by atoms with Gasteiger partial charge in [0.15, 0.2) is 5.82 Å². The zero-order chi connectivity index (χ0) is 28.9. The molecule has 1 aromatic carbocycles. The minimum Gasteiger partial charge on any atom is -0.444 e. The van der Waals surface area contributed by atoms with Crippen LogP contribution in [0.2, 0.25) is 0 Å². The average Bonchev–Trinajstić information content (AvgIpc) is 3.60. The van der Waals surface area contributed by atoms with Crippen LogP contribution in [0.4, 0.5) is 4.79 Å². The summed E-state index contributed by atoms with van der Waals surface area (Å²) in [5, 5.41) is 14.3. The number of pyridine rings is 1. The third-order valence-electron chi connectivity index (χ3n) is 7.92. The molecule has 1 atom stereocenters. The molecule has 4 aromatic rings. The van der Waals surface area contributed by atoms with Crippen molar-refractivity contribution in [3.8, 4) is 11.5 Å². The summed E-state index contributed by atoms with van der Waals surface area (Å²) in [6, 6.07) is 9.53. The first-order chi connectivity index (χ1) is 19.6. The lowest BCUT2D eigenvalue weighted by atomic mass is 10.0. The summed E-state index contributed by atoms with van der Waals surface area (Å²) < 4.78 is 9.67. The van der Waals surface area contributed by atoms with E-state index in [0.29, 0.717) is 35.7 Å². The Kier molecular flexibility index (Phi) is 6.97. The van der Waals surface area contributed by atoms with Crippen molar-refractivity contribution in [1.82, 2.24) is 29.3 Å². The molecule has 0 radical (unpaired) electrons. The van der Waals surface area contributed by atoms with Gasteiger partial charge in [0.1, 0.15) is 11.2 Å². The fraction of sp³-hybridized carbons (Fsp3) is 0.484. The van der Waals surface area contributed by atoms with Gasteiger partial charge in [-0.15, -0.1) is 0 Å². The minimum absolute atomic E-state index is 0.142. The Hall–Kier alpha value is -3.92. The molecule has 0 spiro atoms. The van der Waals surface area contributed by atoms with Crippen molar-refractivity contribution >= 4 is 34.1 Å². The number of nitrogens with zero attached hydrogens (tertiary/aromatic N) is 5. The molecule has 0 bridgehead atoms. The normalized spacial score (nSPS) is 17.8. The maximum atomic E-state index is 13.7. The van der Waals surface area contributed by atoms with Crippen LogP contribution in [0.25, 0.3) is 33.6 Å². The Balaban J connectivity index is 1.31. The van der Waals surface area contributed by atoms with E-state index in [-0.39, 0.29) is 18.6 Å². The number of aliphatic hydroxyl groups excluding tert-OH is 1. The molecule has 10 heteroatoms. The summed E-state index contributed by atoms with van der Waals surface area (Å²) in [7, 11) is 1.95. The van der Waals surface area contributed by atoms with Crippen molar-refractivity contribution in [2.75, 3.05) is 13.1 Å². The number of fused-ring (bicyclic) bond motifs is 2.